The van der Waals surface area contributed by atoms with Crippen LogP contribution in [0.15, 0.2) is 77.4 Å². The van der Waals surface area contributed by atoms with E-state index in [1.54, 1.807) is 10.9 Å². The first kappa shape index (κ1) is 21.6. The van der Waals surface area contributed by atoms with Crippen LogP contribution in [0.25, 0.3) is 34.2 Å². The molecule has 1 unspecified atom stereocenters. The topological polar surface area (TPSA) is 129 Å². The Hall–Kier alpha value is -4.66. The van der Waals surface area contributed by atoms with Crippen molar-refractivity contribution in [3.05, 3.63) is 78.5 Å². The van der Waals surface area contributed by atoms with E-state index in [1.807, 2.05) is 66.0 Å². The van der Waals surface area contributed by atoms with E-state index in [2.05, 4.69) is 5.10 Å². The lowest BCUT2D eigenvalue weighted by atomic mass is 10.2. The van der Waals surface area contributed by atoms with Crippen molar-refractivity contribution in [2.24, 2.45) is 5.73 Å². The SMILES string of the molecule is CC(OC(=O)/C=C/c1cn(-c2ccccc2)nc1-c1cc2ccccc2o1)C(=O)NC(N)=O. The maximum absolute atomic E-state index is 12.2. The van der Waals surface area contributed by atoms with Gasteiger partial charge in [-0.1, -0.05) is 36.4 Å². The number of carbonyl (C=O) groups is 3. The van der Waals surface area contributed by atoms with Gasteiger partial charge in [-0.15, -0.1) is 0 Å². The second-order valence-corrected chi connectivity index (χ2v) is 7.13. The van der Waals surface area contributed by atoms with E-state index in [-0.39, 0.29) is 0 Å². The number of rotatable bonds is 6. The molecule has 0 radical (unpaired) electrons. The van der Waals surface area contributed by atoms with Crippen molar-refractivity contribution in [3.8, 4) is 17.1 Å². The van der Waals surface area contributed by atoms with E-state index >= 15 is 0 Å². The van der Waals surface area contributed by atoms with Crippen molar-refractivity contribution in [2.75, 3.05) is 0 Å². The summed E-state index contributed by atoms with van der Waals surface area (Å²) in [5, 5.41) is 7.43. The second kappa shape index (κ2) is 9.23. The number of fused-ring (bicyclic) bond motifs is 1. The van der Waals surface area contributed by atoms with Crippen LogP contribution in [0.3, 0.4) is 0 Å². The Bertz CT molecular complexity index is 1320. The standard InChI is InChI=1S/C24H20N4O5/c1-15(23(30)26-24(25)31)32-21(29)12-11-17-14-28(18-8-3-2-4-9-18)27-22(17)20-13-16-7-5-6-10-19(16)33-20/h2-15H,1H3,(H3,25,26,30,31)/b12-11+. The molecular formula is C24H20N4O5. The number of furan rings is 1. The van der Waals surface area contributed by atoms with Crippen molar-refractivity contribution in [2.45, 2.75) is 13.0 Å². The van der Waals surface area contributed by atoms with Gasteiger partial charge in [0.25, 0.3) is 5.91 Å². The quantitative estimate of drug-likeness (QED) is 0.346. The number of primary amides is 1. The molecule has 0 saturated heterocycles. The van der Waals surface area contributed by atoms with Crippen LogP contribution in [0.4, 0.5) is 4.79 Å². The number of hydrogen-bond acceptors (Lipinski definition) is 6. The Morgan fingerprint density at radius 1 is 1.12 bits per heavy atom. The van der Waals surface area contributed by atoms with Crippen molar-refractivity contribution < 1.29 is 23.5 Å². The molecule has 0 aliphatic rings. The highest BCUT2D eigenvalue weighted by Gasteiger charge is 2.19. The minimum atomic E-state index is -1.20. The molecule has 0 aliphatic heterocycles. The molecule has 9 nitrogen and oxygen atoms in total. The lowest BCUT2D eigenvalue weighted by Gasteiger charge is -2.09. The van der Waals surface area contributed by atoms with Gasteiger partial charge in [0, 0.05) is 23.2 Å². The number of nitrogens with one attached hydrogen (secondary N) is 1. The monoisotopic (exact) mass is 444 g/mol. The van der Waals surface area contributed by atoms with Crippen molar-refractivity contribution in [1.82, 2.24) is 15.1 Å². The molecular weight excluding hydrogens is 424 g/mol. The van der Waals surface area contributed by atoms with Gasteiger partial charge >= 0.3 is 12.0 Å². The summed E-state index contributed by atoms with van der Waals surface area (Å²) < 4.78 is 12.7. The Morgan fingerprint density at radius 2 is 1.85 bits per heavy atom. The van der Waals surface area contributed by atoms with E-state index in [4.69, 9.17) is 14.9 Å². The molecule has 2 aromatic carbocycles. The first-order valence-electron chi connectivity index (χ1n) is 10.0. The van der Waals surface area contributed by atoms with Crippen molar-refractivity contribution in [1.29, 1.82) is 0 Å². The molecule has 33 heavy (non-hydrogen) atoms. The van der Waals surface area contributed by atoms with Gasteiger partial charge < -0.3 is 14.9 Å². The van der Waals surface area contributed by atoms with Gasteiger partial charge in [0.05, 0.1) is 5.69 Å². The van der Waals surface area contributed by atoms with Crippen LogP contribution >= 0.6 is 0 Å². The summed E-state index contributed by atoms with van der Waals surface area (Å²) in [7, 11) is 0. The third-order valence-electron chi connectivity index (χ3n) is 4.73. The normalized spacial score (nSPS) is 12.0. The molecule has 0 saturated carbocycles. The van der Waals surface area contributed by atoms with Crippen LogP contribution in [0.2, 0.25) is 0 Å². The predicted molar refractivity (Wildman–Crippen MR) is 121 cm³/mol. The minimum Gasteiger partial charge on any atom is -0.454 e. The summed E-state index contributed by atoms with van der Waals surface area (Å²) in [5.41, 5.74) is 7.57. The number of nitrogens with two attached hydrogens (primary N) is 1. The number of hydrogen-bond donors (Lipinski definition) is 2. The van der Waals surface area contributed by atoms with E-state index in [9.17, 15) is 14.4 Å². The summed E-state index contributed by atoms with van der Waals surface area (Å²) in [6.45, 7) is 1.33. The predicted octanol–water partition coefficient (Wildman–Crippen LogP) is 3.43. The zero-order valence-corrected chi connectivity index (χ0v) is 17.6. The van der Waals surface area contributed by atoms with Crippen LogP contribution in [0.5, 0.6) is 0 Å². The largest absolute Gasteiger partial charge is 0.454 e. The van der Waals surface area contributed by atoms with Crippen LogP contribution in [0.1, 0.15) is 12.5 Å². The van der Waals surface area contributed by atoms with Gasteiger partial charge in [-0.3, -0.25) is 10.1 Å². The Morgan fingerprint density at radius 3 is 2.58 bits per heavy atom. The zero-order valence-electron chi connectivity index (χ0n) is 17.6. The van der Waals surface area contributed by atoms with Crippen molar-refractivity contribution in [3.63, 3.8) is 0 Å². The third kappa shape index (κ3) is 4.99. The minimum absolute atomic E-state index is 0.527. The molecule has 4 rings (SSSR count). The summed E-state index contributed by atoms with van der Waals surface area (Å²) >= 11 is 0. The number of esters is 1. The molecule has 1 atom stereocenters. The second-order valence-electron chi connectivity index (χ2n) is 7.13. The number of aromatic nitrogens is 2. The number of nitrogens with zero attached hydrogens (tertiary/aromatic N) is 2. The summed E-state index contributed by atoms with van der Waals surface area (Å²) in [6.07, 6.45) is 3.25. The van der Waals surface area contributed by atoms with Gasteiger partial charge in [0.2, 0.25) is 0 Å². The van der Waals surface area contributed by atoms with E-state index < -0.39 is 24.0 Å². The number of para-hydroxylation sites is 2. The van der Waals surface area contributed by atoms with Crippen LogP contribution < -0.4 is 11.1 Å². The average Bonchev–Trinajstić information content (AvgIpc) is 3.42. The Labute approximate surface area is 188 Å². The number of imide groups is 1. The fraction of sp³-hybridized carbons (Fsp3) is 0.0833. The summed E-state index contributed by atoms with van der Waals surface area (Å²) in [6, 6.07) is 17.9. The highest BCUT2D eigenvalue weighted by atomic mass is 16.5. The Balaban J connectivity index is 1.63. The molecule has 9 heteroatoms. The van der Waals surface area contributed by atoms with Gasteiger partial charge in [-0.2, -0.15) is 5.10 Å². The lowest BCUT2D eigenvalue weighted by Crippen LogP contribution is -2.42. The zero-order chi connectivity index (χ0) is 23.4. The number of ether oxygens (including phenoxy) is 1. The molecule has 0 aliphatic carbocycles. The number of carbonyl (C=O) groups excluding carboxylic acids is 3. The molecule has 0 fully saturated rings. The molecule has 166 valence electrons. The third-order valence-corrected chi connectivity index (χ3v) is 4.73. The summed E-state index contributed by atoms with van der Waals surface area (Å²) in [5.74, 6) is -1.05. The van der Waals surface area contributed by atoms with E-state index in [1.165, 1.54) is 19.1 Å². The summed E-state index contributed by atoms with van der Waals surface area (Å²) in [4.78, 5) is 34.7. The van der Waals surface area contributed by atoms with Gasteiger partial charge in [-0.05, 0) is 37.3 Å². The highest BCUT2D eigenvalue weighted by Crippen LogP contribution is 2.30. The maximum atomic E-state index is 12.2. The molecule has 3 amide bonds. The average molecular weight is 444 g/mol. The van der Waals surface area contributed by atoms with Crippen molar-refractivity contribution >= 4 is 35.0 Å². The first-order valence-corrected chi connectivity index (χ1v) is 10.0. The molecule has 3 N–H and O–H groups in total. The number of urea groups is 1. The molecule has 0 bridgehead atoms. The van der Waals surface area contributed by atoms with E-state index in [0.717, 1.165) is 11.1 Å². The van der Waals surface area contributed by atoms with Crippen LogP contribution in [-0.2, 0) is 14.3 Å². The fourth-order valence-corrected chi connectivity index (χ4v) is 3.16. The van der Waals surface area contributed by atoms with Crippen LogP contribution in [0, 0.1) is 0 Å². The van der Waals surface area contributed by atoms with Gasteiger partial charge in [-0.25, -0.2) is 14.3 Å². The van der Waals surface area contributed by atoms with Gasteiger partial charge in [0.1, 0.15) is 11.3 Å². The molecule has 2 aromatic heterocycles. The highest BCUT2D eigenvalue weighted by molar-refractivity contribution is 5.97. The maximum Gasteiger partial charge on any atom is 0.331 e. The number of benzene rings is 2. The fourth-order valence-electron chi connectivity index (χ4n) is 3.16. The molecule has 2 heterocycles. The molecule has 4 aromatic rings. The smallest absolute Gasteiger partial charge is 0.331 e. The van der Waals surface area contributed by atoms with E-state index in [0.29, 0.717) is 22.6 Å². The first-order chi connectivity index (χ1) is 15.9. The lowest BCUT2D eigenvalue weighted by molar-refractivity contribution is -0.149. The van der Waals surface area contributed by atoms with Crippen LogP contribution in [-0.4, -0.2) is 33.8 Å². The molecule has 0 spiro atoms. The number of amides is 3. The Kier molecular flexibility index (Phi) is 6.03. The van der Waals surface area contributed by atoms with Gasteiger partial charge in [0.15, 0.2) is 11.9 Å².